The van der Waals surface area contributed by atoms with Gasteiger partial charge in [-0.2, -0.15) is 5.10 Å². The van der Waals surface area contributed by atoms with Crippen LogP contribution in [-0.4, -0.2) is 21.8 Å². The first-order valence-corrected chi connectivity index (χ1v) is 7.62. The summed E-state index contributed by atoms with van der Waals surface area (Å²) in [4.78, 5) is 12.1. The number of carbonyl (C=O) groups excluding carboxylic acids is 1. The first kappa shape index (κ1) is 16.1. The van der Waals surface area contributed by atoms with Crippen molar-refractivity contribution in [3.63, 3.8) is 0 Å². The molecule has 1 N–H and O–H groups in total. The molecule has 1 aromatic heterocycles. The van der Waals surface area contributed by atoms with Crippen molar-refractivity contribution in [1.82, 2.24) is 9.78 Å². The fourth-order valence-electron chi connectivity index (χ4n) is 1.87. The molecule has 22 heavy (non-hydrogen) atoms. The molecule has 0 aliphatic heterocycles. The third-order valence-electron chi connectivity index (χ3n) is 3.39. The third kappa shape index (κ3) is 4.10. The standard InChI is InChI=1S/C17H23N3O2/c1-5-13(4)22-15-8-6-14(7-9-15)18-17(21)16-10-11-20(19-16)12(2)3/h6-13H,5H2,1-4H3,(H,18,21). The largest absolute Gasteiger partial charge is 0.491 e. The number of nitrogens with one attached hydrogen (secondary N) is 1. The second kappa shape index (κ2) is 7.11. The molecule has 0 bridgehead atoms. The lowest BCUT2D eigenvalue weighted by molar-refractivity contribution is 0.102. The summed E-state index contributed by atoms with van der Waals surface area (Å²) in [5.74, 6) is 0.589. The van der Waals surface area contributed by atoms with Gasteiger partial charge >= 0.3 is 0 Å². The monoisotopic (exact) mass is 301 g/mol. The second-order valence-electron chi connectivity index (χ2n) is 5.59. The zero-order valence-electron chi connectivity index (χ0n) is 13.5. The number of hydrogen-bond donors (Lipinski definition) is 1. The van der Waals surface area contributed by atoms with Crippen LogP contribution < -0.4 is 10.1 Å². The van der Waals surface area contributed by atoms with Crippen LogP contribution in [0.15, 0.2) is 36.5 Å². The van der Waals surface area contributed by atoms with E-state index in [0.717, 1.165) is 17.9 Å². The van der Waals surface area contributed by atoms with Gasteiger partial charge in [0, 0.05) is 17.9 Å². The highest BCUT2D eigenvalue weighted by Crippen LogP contribution is 2.18. The van der Waals surface area contributed by atoms with Gasteiger partial charge in [0.05, 0.1) is 6.10 Å². The van der Waals surface area contributed by atoms with Crippen LogP contribution in [0.25, 0.3) is 0 Å². The van der Waals surface area contributed by atoms with E-state index in [4.69, 9.17) is 4.74 Å². The Balaban J connectivity index is 1.99. The molecule has 0 aliphatic carbocycles. The fraction of sp³-hybridized carbons (Fsp3) is 0.412. The maximum Gasteiger partial charge on any atom is 0.276 e. The lowest BCUT2D eigenvalue weighted by Gasteiger charge is -2.12. The molecule has 1 aromatic carbocycles. The van der Waals surface area contributed by atoms with E-state index in [1.807, 2.05) is 51.2 Å². The topological polar surface area (TPSA) is 56.1 Å². The normalized spacial score (nSPS) is 12.2. The van der Waals surface area contributed by atoms with Crippen molar-refractivity contribution in [3.05, 3.63) is 42.2 Å². The molecule has 2 aromatic rings. The van der Waals surface area contributed by atoms with Gasteiger partial charge in [-0.1, -0.05) is 6.92 Å². The molecule has 1 unspecified atom stereocenters. The minimum absolute atomic E-state index is 0.181. The molecule has 118 valence electrons. The number of carbonyl (C=O) groups is 1. The van der Waals surface area contributed by atoms with E-state index in [-0.39, 0.29) is 18.1 Å². The summed E-state index contributed by atoms with van der Waals surface area (Å²) in [7, 11) is 0. The quantitative estimate of drug-likeness (QED) is 0.880. The molecular formula is C17H23N3O2. The predicted octanol–water partition coefficient (Wildman–Crippen LogP) is 3.89. The van der Waals surface area contributed by atoms with Crippen molar-refractivity contribution >= 4 is 11.6 Å². The van der Waals surface area contributed by atoms with Gasteiger partial charge in [-0.15, -0.1) is 0 Å². The summed E-state index contributed by atoms with van der Waals surface area (Å²) in [6.45, 7) is 8.14. The van der Waals surface area contributed by atoms with Crippen molar-refractivity contribution in [2.75, 3.05) is 5.32 Å². The Hall–Kier alpha value is -2.30. The van der Waals surface area contributed by atoms with Gasteiger partial charge in [0.1, 0.15) is 5.75 Å². The number of hydrogen-bond acceptors (Lipinski definition) is 3. The van der Waals surface area contributed by atoms with Gasteiger partial charge in [-0.05, 0) is 57.5 Å². The highest BCUT2D eigenvalue weighted by molar-refractivity contribution is 6.02. The average Bonchev–Trinajstić information content (AvgIpc) is 2.99. The number of anilines is 1. The first-order chi connectivity index (χ1) is 10.5. The van der Waals surface area contributed by atoms with Crippen molar-refractivity contribution < 1.29 is 9.53 Å². The minimum atomic E-state index is -0.213. The number of aromatic nitrogens is 2. The maximum atomic E-state index is 12.1. The molecule has 1 heterocycles. The van der Waals surface area contributed by atoms with Crippen LogP contribution in [-0.2, 0) is 0 Å². The van der Waals surface area contributed by atoms with E-state index in [1.165, 1.54) is 0 Å². The number of nitrogens with zero attached hydrogens (tertiary/aromatic N) is 2. The van der Waals surface area contributed by atoms with Crippen LogP contribution in [0.4, 0.5) is 5.69 Å². The zero-order chi connectivity index (χ0) is 16.1. The Morgan fingerprint density at radius 3 is 2.45 bits per heavy atom. The van der Waals surface area contributed by atoms with Crippen molar-refractivity contribution in [1.29, 1.82) is 0 Å². The van der Waals surface area contributed by atoms with Gasteiger partial charge in [-0.3, -0.25) is 9.48 Å². The Bertz CT molecular complexity index is 617. The molecule has 0 aliphatic rings. The molecular weight excluding hydrogens is 278 g/mol. The van der Waals surface area contributed by atoms with Crippen molar-refractivity contribution in [3.8, 4) is 5.75 Å². The molecule has 2 rings (SSSR count). The number of rotatable bonds is 6. The highest BCUT2D eigenvalue weighted by atomic mass is 16.5. The zero-order valence-corrected chi connectivity index (χ0v) is 13.5. The third-order valence-corrected chi connectivity index (χ3v) is 3.39. The lowest BCUT2D eigenvalue weighted by atomic mass is 10.2. The average molecular weight is 301 g/mol. The number of benzene rings is 1. The van der Waals surface area contributed by atoms with E-state index in [9.17, 15) is 4.79 Å². The van der Waals surface area contributed by atoms with Crippen LogP contribution >= 0.6 is 0 Å². The molecule has 0 fully saturated rings. The summed E-state index contributed by atoms with van der Waals surface area (Å²) in [5.41, 5.74) is 1.13. The van der Waals surface area contributed by atoms with E-state index < -0.39 is 0 Å². The number of amides is 1. The molecule has 1 atom stereocenters. The Morgan fingerprint density at radius 2 is 1.91 bits per heavy atom. The summed E-state index contributed by atoms with van der Waals surface area (Å²) < 4.78 is 7.47. The second-order valence-corrected chi connectivity index (χ2v) is 5.59. The van der Waals surface area contributed by atoms with Crippen molar-refractivity contribution in [2.45, 2.75) is 46.3 Å². The molecule has 1 amide bonds. The van der Waals surface area contributed by atoms with Crippen molar-refractivity contribution in [2.24, 2.45) is 0 Å². The Morgan fingerprint density at radius 1 is 1.23 bits per heavy atom. The summed E-state index contributed by atoms with van der Waals surface area (Å²) >= 11 is 0. The Labute approximate surface area is 131 Å². The predicted molar refractivity (Wildman–Crippen MR) is 87.4 cm³/mol. The van der Waals surface area contributed by atoms with Crippen LogP contribution in [0.1, 0.15) is 50.6 Å². The number of ether oxygens (including phenoxy) is 1. The molecule has 0 saturated heterocycles. The van der Waals surface area contributed by atoms with Gasteiger partial charge < -0.3 is 10.1 Å². The van der Waals surface area contributed by atoms with Crippen LogP contribution in [0.5, 0.6) is 5.75 Å². The molecule has 0 spiro atoms. The summed E-state index contributed by atoms with van der Waals surface area (Å²) in [6, 6.07) is 9.32. The van der Waals surface area contributed by atoms with Gasteiger partial charge in [-0.25, -0.2) is 0 Å². The lowest BCUT2D eigenvalue weighted by Crippen LogP contribution is -2.14. The van der Waals surface area contributed by atoms with Gasteiger partial charge in [0.15, 0.2) is 5.69 Å². The highest BCUT2D eigenvalue weighted by Gasteiger charge is 2.11. The maximum absolute atomic E-state index is 12.1. The SMILES string of the molecule is CCC(C)Oc1ccc(NC(=O)c2ccn(C(C)C)n2)cc1. The minimum Gasteiger partial charge on any atom is -0.491 e. The summed E-state index contributed by atoms with van der Waals surface area (Å²) in [6.07, 6.45) is 2.94. The van der Waals surface area contributed by atoms with Crippen LogP contribution in [0.2, 0.25) is 0 Å². The van der Waals surface area contributed by atoms with E-state index >= 15 is 0 Å². The van der Waals surface area contributed by atoms with Gasteiger partial charge in [0.25, 0.3) is 5.91 Å². The van der Waals surface area contributed by atoms with E-state index in [0.29, 0.717) is 5.69 Å². The molecule has 5 heteroatoms. The first-order valence-electron chi connectivity index (χ1n) is 7.62. The van der Waals surface area contributed by atoms with E-state index in [2.05, 4.69) is 17.3 Å². The molecule has 0 radical (unpaired) electrons. The van der Waals surface area contributed by atoms with Gasteiger partial charge in [0.2, 0.25) is 0 Å². The smallest absolute Gasteiger partial charge is 0.276 e. The molecule has 0 saturated carbocycles. The molecule has 5 nitrogen and oxygen atoms in total. The van der Waals surface area contributed by atoms with E-state index in [1.54, 1.807) is 10.7 Å². The summed E-state index contributed by atoms with van der Waals surface area (Å²) in [5, 5.41) is 7.09. The van der Waals surface area contributed by atoms with Crippen LogP contribution in [0, 0.1) is 0 Å². The van der Waals surface area contributed by atoms with Crippen LogP contribution in [0.3, 0.4) is 0 Å². The fourth-order valence-corrected chi connectivity index (χ4v) is 1.87. The Kier molecular flexibility index (Phi) is 5.20.